The molecule has 1 fully saturated rings. The molecule has 1 aromatic carbocycles. The zero-order valence-electron chi connectivity index (χ0n) is 12.6. The summed E-state index contributed by atoms with van der Waals surface area (Å²) >= 11 is 0. The Bertz CT molecular complexity index is 638. The highest BCUT2D eigenvalue weighted by atomic mass is 32.2. The molecule has 1 saturated carbocycles. The number of rotatable bonds is 3. The number of benzene rings is 1. The fraction of sp³-hybridized carbons (Fsp3) is 0.562. The Hall–Kier alpha value is -1.36. The first-order valence-electron chi connectivity index (χ1n) is 7.36. The van der Waals surface area contributed by atoms with Gasteiger partial charge in [-0.05, 0) is 43.9 Å². The van der Waals surface area contributed by atoms with E-state index in [-0.39, 0.29) is 17.7 Å². The maximum absolute atomic E-state index is 13.1. The molecule has 1 N–H and O–H groups in total. The third-order valence-corrected chi connectivity index (χ3v) is 7.08. The summed E-state index contributed by atoms with van der Waals surface area (Å²) in [6, 6.07) is 5.18. The topological polar surface area (TPSA) is 71.4 Å². The summed E-state index contributed by atoms with van der Waals surface area (Å²) in [6.45, 7) is 3.54. The normalized spacial score (nSPS) is 19.0. The maximum atomic E-state index is 13.1. The van der Waals surface area contributed by atoms with E-state index in [2.05, 4.69) is 0 Å². The minimum absolute atomic E-state index is 0.173. The number of hydrogen-bond donors (Lipinski definition) is 1. The van der Waals surface area contributed by atoms with Gasteiger partial charge in [-0.2, -0.15) is 0 Å². The van der Waals surface area contributed by atoms with Crippen molar-refractivity contribution in [3.8, 4) is 0 Å². The van der Waals surface area contributed by atoms with Gasteiger partial charge in [0.05, 0.1) is 4.90 Å². The quantitative estimate of drug-likeness (QED) is 0.870. The summed E-state index contributed by atoms with van der Waals surface area (Å²) in [5, 5.41) is 9.69. The van der Waals surface area contributed by atoms with Crippen molar-refractivity contribution in [3.63, 3.8) is 0 Å². The van der Waals surface area contributed by atoms with E-state index in [1.165, 1.54) is 0 Å². The molecule has 21 heavy (non-hydrogen) atoms. The molecule has 1 aromatic rings. The fourth-order valence-electron chi connectivity index (χ4n) is 3.10. The lowest BCUT2D eigenvalue weighted by molar-refractivity contribution is -0.140. The molecule has 5 heteroatoms. The Kier molecular flexibility index (Phi) is 4.42. The van der Waals surface area contributed by atoms with E-state index in [9.17, 15) is 18.3 Å². The maximum Gasteiger partial charge on any atom is 0.325 e. The van der Waals surface area contributed by atoms with Crippen LogP contribution in [-0.2, 0) is 14.6 Å². The molecule has 0 amide bonds. The minimum Gasteiger partial charge on any atom is -0.480 e. The fourth-order valence-corrected chi connectivity index (χ4v) is 5.41. The standard InChI is InChI=1S/C16H22O4S/c1-12-7-8-13(2)14(11-12)21(19,20)16(15(17)18)9-5-3-4-6-10-16/h7-8,11H,3-6,9-10H2,1-2H3,(H,17,18). The first kappa shape index (κ1) is 16.0. The Balaban J connectivity index is 2.62. The smallest absolute Gasteiger partial charge is 0.325 e. The number of hydrogen-bond acceptors (Lipinski definition) is 3. The molecular weight excluding hydrogens is 288 g/mol. The lowest BCUT2D eigenvalue weighted by Gasteiger charge is -2.28. The Morgan fingerprint density at radius 3 is 2.19 bits per heavy atom. The number of aliphatic carboxylic acids is 1. The van der Waals surface area contributed by atoms with Gasteiger partial charge in [0.2, 0.25) is 0 Å². The molecule has 0 saturated heterocycles. The molecule has 0 aromatic heterocycles. The van der Waals surface area contributed by atoms with Crippen LogP contribution in [0.2, 0.25) is 0 Å². The van der Waals surface area contributed by atoms with Gasteiger partial charge < -0.3 is 5.11 Å². The van der Waals surface area contributed by atoms with Gasteiger partial charge in [-0.1, -0.05) is 37.8 Å². The van der Waals surface area contributed by atoms with Gasteiger partial charge >= 0.3 is 5.97 Å². The monoisotopic (exact) mass is 310 g/mol. The van der Waals surface area contributed by atoms with Gasteiger partial charge in [-0.15, -0.1) is 0 Å². The van der Waals surface area contributed by atoms with E-state index >= 15 is 0 Å². The van der Waals surface area contributed by atoms with E-state index in [0.717, 1.165) is 18.4 Å². The molecule has 0 bridgehead atoms. The van der Waals surface area contributed by atoms with Gasteiger partial charge in [-0.3, -0.25) is 4.79 Å². The van der Waals surface area contributed by atoms with Gasteiger partial charge in [0.1, 0.15) is 0 Å². The number of carboxylic acids is 1. The summed E-state index contributed by atoms with van der Waals surface area (Å²) in [6.07, 6.45) is 3.51. The van der Waals surface area contributed by atoms with E-state index < -0.39 is 20.6 Å². The van der Waals surface area contributed by atoms with E-state index in [4.69, 9.17) is 0 Å². The molecule has 0 heterocycles. The van der Waals surface area contributed by atoms with Crippen molar-refractivity contribution in [2.75, 3.05) is 0 Å². The van der Waals surface area contributed by atoms with Crippen LogP contribution >= 0.6 is 0 Å². The van der Waals surface area contributed by atoms with Crippen LogP contribution in [0.1, 0.15) is 49.7 Å². The zero-order chi connectivity index (χ0) is 15.7. The molecule has 116 valence electrons. The Labute approximate surface area is 126 Å². The molecule has 0 spiro atoms. The van der Waals surface area contributed by atoms with Crippen LogP contribution in [0.3, 0.4) is 0 Å². The molecule has 0 atom stereocenters. The van der Waals surface area contributed by atoms with Crippen molar-refractivity contribution < 1.29 is 18.3 Å². The summed E-state index contributed by atoms with van der Waals surface area (Å²) in [5.74, 6) is -1.20. The molecular formula is C16H22O4S. The molecule has 2 rings (SSSR count). The van der Waals surface area contributed by atoms with Crippen LogP contribution in [0.15, 0.2) is 23.1 Å². The van der Waals surface area contributed by atoms with Crippen molar-refractivity contribution >= 4 is 15.8 Å². The molecule has 0 aliphatic heterocycles. The van der Waals surface area contributed by atoms with E-state index in [0.29, 0.717) is 18.4 Å². The Morgan fingerprint density at radius 1 is 1.10 bits per heavy atom. The zero-order valence-corrected chi connectivity index (χ0v) is 13.4. The van der Waals surface area contributed by atoms with Gasteiger partial charge in [0.25, 0.3) is 0 Å². The average molecular weight is 310 g/mol. The first-order chi connectivity index (χ1) is 9.81. The summed E-state index contributed by atoms with van der Waals surface area (Å²) in [4.78, 5) is 12.0. The largest absolute Gasteiger partial charge is 0.480 e. The third-order valence-electron chi connectivity index (χ3n) is 4.45. The highest BCUT2D eigenvalue weighted by Crippen LogP contribution is 2.39. The average Bonchev–Trinajstić information content (AvgIpc) is 2.68. The molecule has 0 unspecified atom stereocenters. The van der Waals surface area contributed by atoms with Gasteiger partial charge in [-0.25, -0.2) is 8.42 Å². The highest BCUT2D eigenvalue weighted by molar-refractivity contribution is 7.93. The van der Waals surface area contributed by atoms with Gasteiger partial charge in [0.15, 0.2) is 14.6 Å². The summed E-state index contributed by atoms with van der Waals surface area (Å²) < 4.78 is 24.5. The predicted molar refractivity (Wildman–Crippen MR) is 81.2 cm³/mol. The molecule has 4 nitrogen and oxygen atoms in total. The summed E-state index contributed by atoms with van der Waals surface area (Å²) in [7, 11) is -3.90. The lowest BCUT2D eigenvalue weighted by atomic mass is 9.99. The van der Waals surface area contributed by atoms with Crippen molar-refractivity contribution in [1.29, 1.82) is 0 Å². The highest BCUT2D eigenvalue weighted by Gasteiger charge is 2.51. The van der Waals surface area contributed by atoms with Crippen molar-refractivity contribution in [2.24, 2.45) is 0 Å². The van der Waals surface area contributed by atoms with Gasteiger partial charge in [0, 0.05) is 0 Å². The molecule has 1 aliphatic rings. The van der Waals surface area contributed by atoms with Crippen LogP contribution in [-0.4, -0.2) is 24.2 Å². The minimum atomic E-state index is -3.90. The second kappa shape index (κ2) is 5.79. The third kappa shape index (κ3) is 2.71. The van der Waals surface area contributed by atoms with Crippen LogP contribution < -0.4 is 0 Å². The molecule has 0 radical (unpaired) electrons. The lowest BCUT2D eigenvalue weighted by Crippen LogP contribution is -2.46. The number of aryl methyl sites for hydroxylation is 2. The number of carbonyl (C=O) groups is 1. The van der Waals surface area contributed by atoms with Crippen LogP contribution in [0.25, 0.3) is 0 Å². The predicted octanol–water partition coefficient (Wildman–Crippen LogP) is 3.25. The van der Waals surface area contributed by atoms with Crippen LogP contribution in [0, 0.1) is 13.8 Å². The summed E-state index contributed by atoms with van der Waals surface area (Å²) in [5.41, 5.74) is 1.44. The SMILES string of the molecule is Cc1ccc(C)c(S(=O)(=O)C2(C(=O)O)CCCCCC2)c1. The number of sulfone groups is 1. The van der Waals surface area contributed by atoms with Crippen LogP contribution in [0.5, 0.6) is 0 Å². The Morgan fingerprint density at radius 2 is 1.67 bits per heavy atom. The van der Waals surface area contributed by atoms with Crippen molar-refractivity contribution in [2.45, 2.75) is 62.0 Å². The number of carboxylic acid groups (broad SMARTS) is 1. The second-order valence-electron chi connectivity index (χ2n) is 5.99. The van der Waals surface area contributed by atoms with E-state index in [1.807, 2.05) is 13.0 Å². The van der Waals surface area contributed by atoms with E-state index in [1.54, 1.807) is 19.1 Å². The van der Waals surface area contributed by atoms with Crippen molar-refractivity contribution in [1.82, 2.24) is 0 Å². The molecule has 1 aliphatic carbocycles. The van der Waals surface area contributed by atoms with Crippen LogP contribution in [0.4, 0.5) is 0 Å². The second-order valence-corrected chi connectivity index (χ2v) is 8.21. The first-order valence-corrected chi connectivity index (χ1v) is 8.85. The van der Waals surface area contributed by atoms with Crippen molar-refractivity contribution in [3.05, 3.63) is 29.3 Å².